The summed E-state index contributed by atoms with van der Waals surface area (Å²) in [6.07, 6.45) is 0.350. The minimum absolute atomic E-state index is 0.0350. The van der Waals surface area contributed by atoms with Crippen molar-refractivity contribution in [3.8, 4) is 0 Å². The number of aliphatic hydroxyl groups excluding tert-OH is 1. The van der Waals surface area contributed by atoms with Crippen molar-refractivity contribution in [3.05, 3.63) is 30.3 Å². The average molecular weight is 219 g/mol. The molecule has 72 valence electrons. The Balaban J connectivity index is 2.68. The summed E-state index contributed by atoms with van der Waals surface area (Å²) in [7, 11) is -1.22. The summed E-state index contributed by atoms with van der Waals surface area (Å²) in [5.74, 6) is 0. The van der Waals surface area contributed by atoms with Gasteiger partial charge in [0.2, 0.25) is 0 Å². The first-order valence-corrected chi connectivity index (χ1v) is 5.61. The van der Waals surface area contributed by atoms with E-state index in [1.807, 2.05) is 18.2 Å². The Hall–Kier alpha value is -0.380. The Morgan fingerprint density at radius 2 is 2.00 bits per heavy atom. The quantitative estimate of drug-likeness (QED) is 0.782. The van der Waals surface area contributed by atoms with Crippen molar-refractivity contribution < 1.29 is 9.32 Å². The molecule has 0 amide bonds. The monoisotopic (exact) mass is 218 g/mol. The summed E-state index contributed by atoms with van der Waals surface area (Å²) in [5, 5.41) is 8.61. The lowest BCUT2D eigenvalue weighted by atomic mass is 10.4. The molecular formula is C9H11ClO2S. The highest BCUT2D eigenvalue weighted by molar-refractivity contribution is 7.87. The molecule has 0 fully saturated rings. The summed E-state index contributed by atoms with van der Waals surface area (Å²) in [5.41, 5.74) is 0. The average Bonchev–Trinajstić information content (AvgIpc) is 2.18. The van der Waals surface area contributed by atoms with Gasteiger partial charge in [0.05, 0.1) is 10.8 Å². The van der Waals surface area contributed by atoms with Crippen LogP contribution in [0.4, 0.5) is 0 Å². The number of halogens is 1. The molecular weight excluding hydrogens is 208 g/mol. The Labute approximate surface area is 85.0 Å². The van der Waals surface area contributed by atoms with Crippen LogP contribution in [-0.2, 0) is 10.8 Å². The summed E-state index contributed by atoms with van der Waals surface area (Å²) in [4.78, 5) is 0.705. The van der Waals surface area contributed by atoms with Gasteiger partial charge in [-0.15, -0.1) is 11.6 Å². The zero-order valence-electron chi connectivity index (χ0n) is 7.02. The molecule has 2 atom stereocenters. The second-order valence-electron chi connectivity index (χ2n) is 2.53. The molecule has 2 nitrogen and oxygen atoms in total. The van der Waals surface area contributed by atoms with E-state index in [0.29, 0.717) is 11.3 Å². The van der Waals surface area contributed by atoms with Crippen LogP contribution in [0.5, 0.6) is 0 Å². The Morgan fingerprint density at radius 3 is 2.54 bits per heavy atom. The number of benzene rings is 1. The molecule has 4 heteroatoms. The fourth-order valence-corrected chi connectivity index (χ4v) is 2.36. The highest BCUT2D eigenvalue weighted by Crippen LogP contribution is 2.15. The second-order valence-corrected chi connectivity index (χ2v) is 4.95. The molecule has 0 heterocycles. The van der Waals surface area contributed by atoms with E-state index >= 15 is 0 Å². The van der Waals surface area contributed by atoms with Gasteiger partial charge in [-0.25, -0.2) is 0 Å². The molecule has 1 aromatic rings. The lowest BCUT2D eigenvalue weighted by Crippen LogP contribution is -2.09. The van der Waals surface area contributed by atoms with E-state index in [2.05, 4.69) is 0 Å². The third-order valence-electron chi connectivity index (χ3n) is 1.56. The maximum Gasteiger partial charge on any atom is 0.115 e. The summed E-state index contributed by atoms with van der Waals surface area (Å²) in [6, 6.07) is 9.02. The van der Waals surface area contributed by atoms with E-state index in [1.54, 1.807) is 12.1 Å². The minimum Gasteiger partial charge on any atom is -0.396 e. The molecule has 0 radical (unpaired) electrons. The fraction of sp³-hybridized carbons (Fsp3) is 0.333. The molecule has 0 saturated heterocycles. The van der Waals surface area contributed by atoms with Crippen LogP contribution in [-0.4, -0.2) is 20.6 Å². The molecule has 0 saturated carbocycles. The predicted molar refractivity (Wildman–Crippen MR) is 54.2 cm³/mol. The summed E-state index contributed by atoms with van der Waals surface area (Å²) < 4.78 is 11.1. The van der Waals surface area contributed by atoms with Crippen molar-refractivity contribution in [3.63, 3.8) is 0 Å². The van der Waals surface area contributed by atoms with Crippen LogP contribution in [0.2, 0.25) is 0 Å². The van der Waals surface area contributed by atoms with Crippen LogP contribution in [0.1, 0.15) is 6.42 Å². The van der Waals surface area contributed by atoms with Crippen LogP contribution >= 0.6 is 11.6 Å². The van der Waals surface area contributed by atoms with E-state index in [-0.39, 0.29) is 6.61 Å². The van der Waals surface area contributed by atoms with Gasteiger partial charge in [0.25, 0.3) is 0 Å². The molecule has 0 aliphatic heterocycles. The van der Waals surface area contributed by atoms with E-state index in [9.17, 15) is 4.21 Å². The van der Waals surface area contributed by atoms with Crippen LogP contribution in [0, 0.1) is 0 Å². The van der Waals surface area contributed by atoms with E-state index in [4.69, 9.17) is 16.7 Å². The third-order valence-corrected chi connectivity index (χ3v) is 3.70. The van der Waals surface area contributed by atoms with Crippen LogP contribution in [0.25, 0.3) is 0 Å². The molecule has 0 spiro atoms. The molecule has 1 N–H and O–H groups in total. The first kappa shape index (κ1) is 10.7. The van der Waals surface area contributed by atoms with E-state index < -0.39 is 15.5 Å². The lowest BCUT2D eigenvalue weighted by molar-refractivity contribution is 0.293. The highest BCUT2D eigenvalue weighted by atomic mass is 35.5. The van der Waals surface area contributed by atoms with E-state index in [0.717, 1.165) is 0 Å². The Bertz CT molecular complexity index is 276. The lowest BCUT2D eigenvalue weighted by Gasteiger charge is -2.06. The number of rotatable bonds is 4. The van der Waals surface area contributed by atoms with Crippen molar-refractivity contribution in [2.24, 2.45) is 0 Å². The normalized spacial score (nSPS) is 15.2. The van der Waals surface area contributed by atoms with Gasteiger partial charge < -0.3 is 5.11 Å². The molecule has 2 unspecified atom stereocenters. The van der Waals surface area contributed by atoms with Crippen LogP contribution in [0.3, 0.4) is 0 Å². The number of hydrogen-bond donors (Lipinski definition) is 1. The molecule has 0 aliphatic carbocycles. The van der Waals surface area contributed by atoms with Gasteiger partial charge in [0, 0.05) is 11.5 Å². The van der Waals surface area contributed by atoms with Gasteiger partial charge in [-0.1, -0.05) is 18.2 Å². The van der Waals surface area contributed by atoms with Crippen LogP contribution < -0.4 is 0 Å². The standard InChI is InChI=1S/C9H11ClO2S/c10-9(6-7-11)13(12)8-4-2-1-3-5-8/h1-5,9,11H,6-7H2. The number of aliphatic hydroxyl groups is 1. The van der Waals surface area contributed by atoms with Crippen molar-refractivity contribution in [2.75, 3.05) is 6.61 Å². The fourth-order valence-electron chi connectivity index (χ4n) is 0.911. The maximum absolute atomic E-state index is 11.6. The number of alkyl halides is 1. The largest absolute Gasteiger partial charge is 0.396 e. The molecule has 13 heavy (non-hydrogen) atoms. The number of hydrogen-bond acceptors (Lipinski definition) is 2. The maximum atomic E-state index is 11.6. The Kier molecular flexibility index (Phi) is 4.42. The second kappa shape index (κ2) is 5.37. The van der Waals surface area contributed by atoms with Gasteiger partial charge in [-0.05, 0) is 18.6 Å². The van der Waals surface area contributed by atoms with Crippen molar-refractivity contribution in [1.29, 1.82) is 0 Å². The van der Waals surface area contributed by atoms with Crippen LogP contribution in [0.15, 0.2) is 35.2 Å². The Morgan fingerprint density at radius 1 is 1.38 bits per heavy atom. The van der Waals surface area contributed by atoms with Gasteiger partial charge >= 0.3 is 0 Å². The molecule has 1 aromatic carbocycles. The molecule has 0 aromatic heterocycles. The molecule has 0 aliphatic rings. The first-order chi connectivity index (χ1) is 6.25. The summed E-state index contributed by atoms with van der Waals surface area (Å²) >= 11 is 5.81. The van der Waals surface area contributed by atoms with Gasteiger partial charge in [-0.3, -0.25) is 4.21 Å². The smallest absolute Gasteiger partial charge is 0.115 e. The van der Waals surface area contributed by atoms with E-state index in [1.165, 1.54) is 0 Å². The van der Waals surface area contributed by atoms with Crippen molar-refractivity contribution in [2.45, 2.75) is 16.0 Å². The molecule has 1 rings (SSSR count). The van der Waals surface area contributed by atoms with Crippen molar-refractivity contribution in [1.82, 2.24) is 0 Å². The third kappa shape index (κ3) is 3.10. The van der Waals surface area contributed by atoms with Gasteiger partial charge in [-0.2, -0.15) is 0 Å². The molecule has 0 bridgehead atoms. The van der Waals surface area contributed by atoms with Gasteiger partial charge in [0.1, 0.15) is 4.71 Å². The topological polar surface area (TPSA) is 37.3 Å². The SMILES string of the molecule is O=S(c1ccccc1)C(Cl)CCO. The van der Waals surface area contributed by atoms with Crippen molar-refractivity contribution >= 4 is 22.4 Å². The summed E-state index contributed by atoms with van der Waals surface area (Å²) in [6.45, 7) is -0.0350. The zero-order chi connectivity index (χ0) is 9.68. The highest BCUT2D eigenvalue weighted by Gasteiger charge is 2.13. The minimum atomic E-state index is -1.22. The predicted octanol–water partition coefficient (Wildman–Crippen LogP) is 1.74. The van der Waals surface area contributed by atoms with Gasteiger partial charge in [0.15, 0.2) is 0 Å². The first-order valence-electron chi connectivity index (χ1n) is 3.96. The zero-order valence-corrected chi connectivity index (χ0v) is 8.59.